The number of nitrogens with zero attached hydrogens (tertiary/aromatic N) is 2. The zero-order valence-corrected chi connectivity index (χ0v) is 12.2. The van der Waals surface area contributed by atoms with E-state index in [9.17, 15) is 4.79 Å². The van der Waals surface area contributed by atoms with Crippen molar-refractivity contribution in [3.63, 3.8) is 0 Å². The maximum atomic E-state index is 11.9. The summed E-state index contributed by atoms with van der Waals surface area (Å²) in [6, 6.07) is 5.53. The normalized spacial score (nSPS) is 11.1. The molecule has 3 N–H and O–H groups in total. The van der Waals surface area contributed by atoms with Crippen molar-refractivity contribution in [2.24, 2.45) is 0 Å². The number of nitrogen functional groups attached to an aromatic ring is 1. The fraction of sp³-hybridized carbons (Fsp3) is 0.500. The lowest BCUT2D eigenvalue weighted by atomic mass is 10.1. The summed E-state index contributed by atoms with van der Waals surface area (Å²) >= 11 is 0. The van der Waals surface area contributed by atoms with E-state index in [2.05, 4.69) is 10.2 Å². The van der Waals surface area contributed by atoms with E-state index in [0.717, 1.165) is 24.3 Å². The first-order valence-electron chi connectivity index (χ1n) is 6.38. The highest BCUT2D eigenvalue weighted by Crippen LogP contribution is 2.20. The van der Waals surface area contributed by atoms with Crippen molar-refractivity contribution in [1.29, 1.82) is 0 Å². The highest BCUT2D eigenvalue weighted by molar-refractivity contribution is 5.93. The average molecular weight is 264 g/mol. The van der Waals surface area contributed by atoms with Gasteiger partial charge in [0.25, 0.3) is 0 Å². The van der Waals surface area contributed by atoms with E-state index in [-0.39, 0.29) is 5.91 Å². The summed E-state index contributed by atoms with van der Waals surface area (Å²) in [5, 5.41) is 2.90. The first-order chi connectivity index (χ1) is 8.90. The molecule has 0 unspecified atom stereocenters. The molecule has 0 spiro atoms. The molecule has 0 bridgehead atoms. The average Bonchev–Trinajstić information content (AvgIpc) is 2.32. The fourth-order valence-electron chi connectivity index (χ4n) is 1.67. The third-order valence-corrected chi connectivity index (χ3v) is 2.99. The molecule has 0 saturated carbocycles. The van der Waals surface area contributed by atoms with Crippen LogP contribution in [0.2, 0.25) is 0 Å². The van der Waals surface area contributed by atoms with Gasteiger partial charge in [0.05, 0.1) is 6.54 Å². The molecule has 19 heavy (non-hydrogen) atoms. The molecule has 0 atom stereocenters. The molecule has 1 amide bonds. The van der Waals surface area contributed by atoms with Gasteiger partial charge in [-0.25, -0.2) is 0 Å². The lowest BCUT2D eigenvalue weighted by Gasteiger charge is -2.19. The number of amides is 1. The van der Waals surface area contributed by atoms with Crippen molar-refractivity contribution in [2.45, 2.75) is 6.92 Å². The van der Waals surface area contributed by atoms with Crippen molar-refractivity contribution in [1.82, 2.24) is 9.80 Å². The van der Waals surface area contributed by atoms with Gasteiger partial charge in [0.2, 0.25) is 5.91 Å². The number of hydrogen-bond donors (Lipinski definition) is 2. The molecule has 0 heterocycles. The molecule has 0 saturated heterocycles. The van der Waals surface area contributed by atoms with E-state index in [1.165, 1.54) is 0 Å². The van der Waals surface area contributed by atoms with Crippen LogP contribution in [-0.2, 0) is 4.79 Å². The van der Waals surface area contributed by atoms with Gasteiger partial charge in [-0.3, -0.25) is 9.69 Å². The van der Waals surface area contributed by atoms with E-state index in [0.29, 0.717) is 12.2 Å². The molecule has 1 aromatic rings. The predicted molar refractivity (Wildman–Crippen MR) is 80.3 cm³/mol. The third kappa shape index (κ3) is 5.28. The van der Waals surface area contributed by atoms with Crippen LogP contribution in [0.5, 0.6) is 0 Å². The Morgan fingerprint density at radius 2 is 1.95 bits per heavy atom. The summed E-state index contributed by atoms with van der Waals surface area (Å²) in [5.74, 6) is -0.0186. The molecular weight excluding hydrogens is 240 g/mol. The summed E-state index contributed by atoms with van der Waals surface area (Å²) in [6.07, 6.45) is 0. The Labute approximate surface area is 115 Å². The number of carbonyl (C=O) groups excluding carboxylic acids is 1. The summed E-state index contributed by atoms with van der Waals surface area (Å²) in [5.41, 5.74) is 8.20. The second-order valence-corrected chi connectivity index (χ2v) is 5.11. The molecule has 0 aliphatic rings. The standard InChI is InChI=1S/C14H24N4O/c1-11-12(15)6-5-7-13(11)16-14(19)10-18(4)9-8-17(2)3/h5-7H,8-10,15H2,1-4H3,(H,16,19). The molecule has 0 aliphatic carbocycles. The number of anilines is 2. The molecule has 5 heteroatoms. The zero-order chi connectivity index (χ0) is 14.4. The Bertz CT molecular complexity index is 431. The number of nitrogens with one attached hydrogen (secondary N) is 1. The van der Waals surface area contributed by atoms with Gasteiger partial charge in [0.15, 0.2) is 0 Å². The van der Waals surface area contributed by atoms with E-state index < -0.39 is 0 Å². The van der Waals surface area contributed by atoms with Gasteiger partial charge < -0.3 is 16.0 Å². The van der Waals surface area contributed by atoms with Crippen molar-refractivity contribution >= 4 is 17.3 Å². The molecule has 0 radical (unpaired) electrons. The van der Waals surface area contributed by atoms with Crippen molar-refractivity contribution in [2.75, 3.05) is 51.8 Å². The van der Waals surface area contributed by atoms with Gasteiger partial charge in [-0.05, 0) is 45.8 Å². The largest absolute Gasteiger partial charge is 0.398 e. The van der Waals surface area contributed by atoms with Crippen molar-refractivity contribution in [3.8, 4) is 0 Å². The number of benzene rings is 1. The minimum absolute atomic E-state index is 0.0186. The minimum atomic E-state index is -0.0186. The fourth-order valence-corrected chi connectivity index (χ4v) is 1.67. The molecule has 1 aromatic carbocycles. The number of rotatable bonds is 6. The van der Waals surface area contributed by atoms with E-state index in [1.807, 2.05) is 51.2 Å². The topological polar surface area (TPSA) is 61.6 Å². The number of nitrogens with two attached hydrogens (primary N) is 1. The molecule has 0 fully saturated rings. The van der Waals surface area contributed by atoms with E-state index in [1.54, 1.807) is 0 Å². The smallest absolute Gasteiger partial charge is 0.238 e. The molecule has 0 aliphatic heterocycles. The quantitative estimate of drug-likeness (QED) is 0.753. The summed E-state index contributed by atoms with van der Waals surface area (Å²) in [7, 11) is 5.98. The Hall–Kier alpha value is -1.59. The van der Waals surface area contributed by atoms with Crippen molar-refractivity contribution < 1.29 is 4.79 Å². The lowest BCUT2D eigenvalue weighted by molar-refractivity contribution is -0.117. The van der Waals surface area contributed by atoms with Crippen LogP contribution in [0.25, 0.3) is 0 Å². The molecule has 1 rings (SSSR count). The lowest BCUT2D eigenvalue weighted by Crippen LogP contribution is -2.35. The van der Waals surface area contributed by atoms with Gasteiger partial charge in [0.1, 0.15) is 0 Å². The van der Waals surface area contributed by atoms with Gasteiger partial charge in [-0.15, -0.1) is 0 Å². The maximum Gasteiger partial charge on any atom is 0.238 e. The van der Waals surface area contributed by atoms with Crippen LogP contribution in [0.4, 0.5) is 11.4 Å². The first kappa shape index (κ1) is 15.5. The second kappa shape index (κ2) is 7.11. The van der Waals surface area contributed by atoms with Gasteiger partial charge in [-0.1, -0.05) is 6.07 Å². The molecule has 5 nitrogen and oxygen atoms in total. The van der Waals surface area contributed by atoms with Crippen LogP contribution < -0.4 is 11.1 Å². The Balaban J connectivity index is 2.49. The highest BCUT2D eigenvalue weighted by Gasteiger charge is 2.09. The Morgan fingerprint density at radius 1 is 1.26 bits per heavy atom. The van der Waals surface area contributed by atoms with Gasteiger partial charge >= 0.3 is 0 Å². The summed E-state index contributed by atoms with van der Waals surface area (Å²) < 4.78 is 0. The summed E-state index contributed by atoms with van der Waals surface area (Å²) in [4.78, 5) is 16.0. The van der Waals surface area contributed by atoms with Crippen LogP contribution in [-0.4, -0.2) is 56.5 Å². The number of likely N-dealkylation sites (N-methyl/N-ethyl adjacent to an activating group) is 2. The Morgan fingerprint density at radius 3 is 2.58 bits per heavy atom. The zero-order valence-electron chi connectivity index (χ0n) is 12.2. The van der Waals surface area contributed by atoms with E-state index in [4.69, 9.17) is 5.73 Å². The Kier molecular flexibility index (Phi) is 5.79. The first-order valence-corrected chi connectivity index (χ1v) is 6.38. The summed E-state index contributed by atoms with van der Waals surface area (Å²) in [6.45, 7) is 4.07. The van der Waals surface area contributed by atoms with Gasteiger partial charge in [0, 0.05) is 24.5 Å². The van der Waals surface area contributed by atoms with Crippen LogP contribution in [0.15, 0.2) is 18.2 Å². The van der Waals surface area contributed by atoms with Crippen LogP contribution in [0, 0.1) is 6.92 Å². The molecular formula is C14H24N4O. The van der Waals surface area contributed by atoms with E-state index >= 15 is 0 Å². The second-order valence-electron chi connectivity index (χ2n) is 5.11. The molecule has 106 valence electrons. The maximum absolute atomic E-state index is 11.9. The van der Waals surface area contributed by atoms with Crippen LogP contribution in [0.1, 0.15) is 5.56 Å². The van der Waals surface area contributed by atoms with Crippen LogP contribution >= 0.6 is 0 Å². The van der Waals surface area contributed by atoms with Crippen molar-refractivity contribution in [3.05, 3.63) is 23.8 Å². The van der Waals surface area contributed by atoms with Crippen LogP contribution in [0.3, 0.4) is 0 Å². The van der Waals surface area contributed by atoms with Gasteiger partial charge in [-0.2, -0.15) is 0 Å². The predicted octanol–water partition coefficient (Wildman–Crippen LogP) is 1.01. The third-order valence-electron chi connectivity index (χ3n) is 2.99. The highest BCUT2D eigenvalue weighted by atomic mass is 16.2. The monoisotopic (exact) mass is 264 g/mol. The number of carbonyl (C=O) groups is 1. The minimum Gasteiger partial charge on any atom is -0.398 e. The SMILES string of the molecule is Cc1c(N)cccc1NC(=O)CN(C)CCN(C)C. The number of hydrogen-bond acceptors (Lipinski definition) is 4. The molecule has 0 aromatic heterocycles.